The highest BCUT2D eigenvalue weighted by molar-refractivity contribution is 7.22. The molecule has 0 aliphatic carbocycles. The Bertz CT molecular complexity index is 1720. The lowest BCUT2D eigenvalue weighted by Crippen LogP contribution is -2.52. The minimum atomic E-state index is -1.84. The normalized spacial score (nSPS) is 15.2. The molecule has 0 spiro atoms. The lowest BCUT2D eigenvalue weighted by molar-refractivity contribution is -0.146. The molecule has 5 rings (SSSR count). The highest BCUT2D eigenvalue weighted by Crippen LogP contribution is 2.37. The molecule has 0 radical (unpaired) electrons. The van der Waals surface area contributed by atoms with E-state index in [9.17, 15) is 19.5 Å². The van der Waals surface area contributed by atoms with Gasteiger partial charge in [-0.2, -0.15) is 0 Å². The lowest BCUT2D eigenvalue weighted by Gasteiger charge is -2.30. The van der Waals surface area contributed by atoms with Crippen molar-refractivity contribution in [3.63, 3.8) is 0 Å². The number of nitrogens with zero attached hydrogens (tertiary/aromatic N) is 4. The Labute approximate surface area is 233 Å². The molecule has 1 aliphatic rings. The van der Waals surface area contributed by atoms with E-state index in [0.29, 0.717) is 52.6 Å². The average molecular weight is 565 g/mol. The Morgan fingerprint density at radius 1 is 1.30 bits per heavy atom. The third-order valence-corrected chi connectivity index (χ3v) is 8.50. The molecule has 1 fully saturated rings. The van der Waals surface area contributed by atoms with Crippen LogP contribution >= 0.6 is 11.3 Å². The Balaban J connectivity index is 1.77. The zero-order valence-corrected chi connectivity index (χ0v) is 23.1. The Kier molecular flexibility index (Phi) is 7.46. The molecule has 40 heavy (non-hydrogen) atoms. The van der Waals surface area contributed by atoms with E-state index < -0.39 is 28.9 Å². The van der Waals surface area contributed by atoms with Gasteiger partial charge in [0.25, 0.3) is 5.56 Å². The summed E-state index contributed by atoms with van der Waals surface area (Å²) in [7, 11) is 0. The SMILES string of the molecule is [C-]#[N+]c1ccccc1C(Cn1c(=O)n(C(C)(C)C(=O)O)c(=O)c2c(C)c(-c3ncco3)sc21)OC1CCOCC1. The fourth-order valence-electron chi connectivity index (χ4n) is 4.92. The average Bonchev–Trinajstić information content (AvgIpc) is 3.59. The van der Waals surface area contributed by atoms with E-state index in [1.54, 1.807) is 31.2 Å². The standard InChI is InChI=1S/C28H28N4O7S/c1-16-21-24(33)32(28(2,3)26(34)35)27(36)31(25(21)40-22(16)23-30-11-14-38-23)15-20(39-17-9-12-37-13-10-17)18-7-5-6-8-19(18)29-4/h5-8,11,14,17,20H,9-10,12-13,15H2,1-3H3,(H,34,35). The van der Waals surface area contributed by atoms with Crippen molar-refractivity contribution in [2.45, 2.75) is 57.9 Å². The van der Waals surface area contributed by atoms with Crippen molar-refractivity contribution >= 4 is 33.2 Å². The van der Waals surface area contributed by atoms with Crippen molar-refractivity contribution in [1.29, 1.82) is 0 Å². The molecule has 1 N–H and O–H groups in total. The molecule has 1 atom stereocenters. The minimum Gasteiger partial charge on any atom is -0.480 e. The van der Waals surface area contributed by atoms with Crippen molar-refractivity contribution in [2.75, 3.05) is 13.2 Å². The number of ether oxygens (including phenoxy) is 2. The van der Waals surface area contributed by atoms with Crippen LogP contribution in [0.5, 0.6) is 0 Å². The summed E-state index contributed by atoms with van der Waals surface area (Å²) in [5.41, 5.74) is -1.83. The number of hydrogen-bond acceptors (Lipinski definition) is 8. The van der Waals surface area contributed by atoms with Crippen LogP contribution in [0, 0.1) is 13.5 Å². The first-order chi connectivity index (χ1) is 19.1. The predicted octanol–water partition coefficient (Wildman–Crippen LogP) is 4.50. The fourth-order valence-corrected chi connectivity index (χ4v) is 6.16. The second kappa shape index (κ2) is 10.8. The third-order valence-electron chi connectivity index (χ3n) is 7.20. The van der Waals surface area contributed by atoms with E-state index >= 15 is 0 Å². The van der Waals surface area contributed by atoms with E-state index in [1.165, 1.54) is 42.2 Å². The van der Waals surface area contributed by atoms with Gasteiger partial charge in [0.2, 0.25) is 5.89 Å². The van der Waals surface area contributed by atoms with E-state index in [0.717, 1.165) is 4.57 Å². The minimum absolute atomic E-state index is 0.0554. The summed E-state index contributed by atoms with van der Waals surface area (Å²) in [5, 5.41) is 10.2. The van der Waals surface area contributed by atoms with Gasteiger partial charge in [-0.3, -0.25) is 9.36 Å². The van der Waals surface area contributed by atoms with Gasteiger partial charge >= 0.3 is 11.7 Å². The molecule has 0 bridgehead atoms. The van der Waals surface area contributed by atoms with Gasteiger partial charge in [-0.25, -0.2) is 24.0 Å². The number of thiophene rings is 1. The van der Waals surface area contributed by atoms with Crippen LogP contribution in [0.3, 0.4) is 0 Å². The van der Waals surface area contributed by atoms with Gasteiger partial charge in [-0.1, -0.05) is 24.3 Å². The number of carbonyl (C=O) groups is 1. The van der Waals surface area contributed by atoms with Crippen LogP contribution in [0.1, 0.15) is 43.9 Å². The zero-order chi connectivity index (χ0) is 28.6. The highest BCUT2D eigenvalue weighted by atomic mass is 32.1. The number of fused-ring (bicyclic) bond motifs is 1. The van der Waals surface area contributed by atoms with E-state index in [1.807, 2.05) is 0 Å². The second-order valence-corrected chi connectivity index (χ2v) is 11.1. The summed E-state index contributed by atoms with van der Waals surface area (Å²) in [6, 6.07) is 7.03. The quantitative estimate of drug-likeness (QED) is 0.310. The van der Waals surface area contributed by atoms with Crippen LogP contribution in [0.25, 0.3) is 25.8 Å². The molecule has 3 aromatic heterocycles. The van der Waals surface area contributed by atoms with Gasteiger partial charge < -0.3 is 19.0 Å². The first-order valence-electron chi connectivity index (χ1n) is 12.8. The summed E-state index contributed by atoms with van der Waals surface area (Å²) in [5.74, 6) is -1.04. The summed E-state index contributed by atoms with van der Waals surface area (Å²) in [6.07, 6.45) is 3.30. The molecule has 208 valence electrons. The number of carboxylic acid groups (broad SMARTS) is 1. The largest absolute Gasteiger partial charge is 0.480 e. The number of aromatic nitrogens is 3. The maximum absolute atomic E-state index is 14.1. The fraction of sp³-hybridized carbons (Fsp3) is 0.393. The lowest BCUT2D eigenvalue weighted by atomic mass is 10.0. The van der Waals surface area contributed by atoms with Crippen LogP contribution in [-0.2, 0) is 26.4 Å². The zero-order valence-electron chi connectivity index (χ0n) is 22.2. The molecule has 1 aliphatic heterocycles. The number of carboxylic acids is 1. The predicted molar refractivity (Wildman–Crippen MR) is 148 cm³/mol. The molecule has 0 saturated carbocycles. The number of aryl methyl sites for hydroxylation is 1. The first-order valence-corrected chi connectivity index (χ1v) is 13.6. The molecule has 4 aromatic rings. The summed E-state index contributed by atoms with van der Waals surface area (Å²) in [4.78, 5) is 48.9. The van der Waals surface area contributed by atoms with Gasteiger partial charge in [-0.05, 0) is 44.7 Å². The van der Waals surface area contributed by atoms with Crippen molar-refractivity contribution in [3.05, 3.63) is 80.1 Å². The van der Waals surface area contributed by atoms with Crippen LogP contribution in [0.2, 0.25) is 0 Å². The highest BCUT2D eigenvalue weighted by Gasteiger charge is 2.36. The molecule has 4 heterocycles. The molecule has 1 saturated heterocycles. The first kappa shape index (κ1) is 27.5. The van der Waals surface area contributed by atoms with Crippen molar-refractivity contribution in [2.24, 2.45) is 0 Å². The molecular weight excluding hydrogens is 536 g/mol. The second-order valence-electron chi connectivity index (χ2n) is 10.1. The molecule has 11 nitrogen and oxygen atoms in total. The smallest absolute Gasteiger partial charge is 0.333 e. The van der Waals surface area contributed by atoms with E-state index in [4.69, 9.17) is 20.5 Å². The third kappa shape index (κ3) is 4.77. The molecule has 12 heteroatoms. The number of benzene rings is 1. The molecular formula is C28H28N4O7S. The van der Waals surface area contributed by atoms with Gasteiger partial charge in [-0.15, -0.1) is 11.3 Å². The maximum atomic E-state index is 14.1. The maximum Gasteiger partial charge on any atom is 0.333 e. The Morgan fingerprint density at radius 3 is 2.67 bits per heavy atom. The van der Waals surface area contributed by atoms with Crippen molar-refractivity contribution in [1.82, 2.24) is 14.1 Å². The number of rotatable bonds is 8. The molecule has 1 unspecified atom stereocenters. The Morgan fingerprint density at radius 2 is 2.02 bits per heavy atom. The number of para-hydroxylation sites is 1. The van der Waals surface area contributed by atoms with Crippen molar-refractivity contribution in [3.8, 4) is 10.8 Å². The summed E-state index contributed by atoms with van der Waals surface area (Å²) >= 11 is 1.17. The molecule has 0 amide bonds. The van der Waals surface area contributed by atoms with Gasteiger partial charge in [0.1, 0.15) is 16.6 Å². The van der Waals surface area contributed by atoms with E-state index in [-0.39, 0.29) is 23.9 Å². The summed E-state index contributed by atoms with van der Waals surface area (Å²) < 4.78 is 19.7. The van der Waals surface area contributed by atoms with Crippen LogP contribution < -0.4 is 11.2 Å². The number of aliphatic carboxylic acids is 1. The van der Waals surface area contributed by atoms with Gasteiger partial charge in [0.15, 0.2) is 5.69 Å². The van der Waals surface area contributed by atoms with Crippen LogP contribution in [0.4, 0.5) is 5.69 Å². The van der Waals surface area contributed by atoms with Crippen LogP contribution in [-0.4, -0.2) is 44.5 Å². The Hall–Kier alpha value is -4.05. The van der Waals surface area contributed by atoms with Crippen LogP contribution in [0.15, 0.2) is 50.7 Å². The van der Waals surface area contributed by atoms with Gasteiger partial charge in [0.05, 0.1) is 41.8 Å². The van der Waals surface area contributed by atoms with Gasteiger partial charge in [0, 0.05) is 13.2 Å². The topological polar surface area (TPSA) is 130 Å². The summed E-state index contributed by atoms with van der Waals surface area (Å²) in [6.45, 7) is 13.1. The van der Waals surface area contributed by atoms with E-state index in [2.05, 4.69) is 9.83 Å². The monoisotopic (exact) mass is 564 g/mol. The molecule has 1 aromatic carbocycles. The number of oxazole rings is 1. The van der Waals surface area contributed by atoms with Crippen molar-refractivity contribution < 1.29 is 23.8 Å². The number of hydrogen-bond donors (Lipinski definition) is 1.